The summed E-state index contributed by atoms with van der Waals surface area (Å²) in [6, 6.07) is 11.1. The normalized spacial score (nSPS) is 11.4. The average Bonchev–Trinajstić information content (AvgIpc) is 3.00. The molecule has 0 saturated carbocycles. The van der Waals surface area contributed by atoms with Crippen molar-refractivity contribution in [1.82, 2.24) is 5.43 Å². The topological polar surface area (TPSA) is 73.1 Å². The Morgan fingerprint density at radius 3 is 2.71 bits per heavy atom. The lowest BCUT2D eigenvalue weighted by Crippen LogP contribution is -2.17. The Bertz CT molecular complexity index is 1040. The lowest BCUT2D eigenvalue weighted by atomic mass is 10.1. The van der Waals surface area contributed by atoms with Gasteiger partial charge in [-0.2, -0.15) is 5.10 Å². The molecule has 3 rings (SSSR count). The lowest BCUT2D eigenvalue weighted by Gasteiger charge is -2.15. The molecular weight excluding hydrogens is 424 g/mol. The molecule has 1 aromatic heterocycles. The van der Waals surface area contributed by atoms with Crippen LogP contribution in [0.4, 0.5) is 0 Å². The highest BCUT2D eigenvalue weighted by molar-refractivity contribution is 9.10. The molecule has 146 valence electrons. The van der Waals surface area contributed by atoms with Crippen molar-refractivity contribution in [3.05, 3.63) is 57.8 Å². The van der Waals surface area contributed by atoms with Crippen LogP contribution >= 0.6 is 15.9 Å². The van der Waals surface area contributed by atoms with E-state index < -0.39 is 5.91 Å². The molecule has 1 amide bonds. The van der Waals surface area contributed by atoms with Crippen LogP contribution in [0.1, 0.15) is 35.5 Å². The van der Waals surface area contributed by atoms with Gasteiger partial charge in [-0.05, 0) is 60.5 Å². The van der Waals surface area contributed by atoms with Gasteiger partial charge in [0.25, 0.3) is 0 Å². The molecule has 0 spiro atoms. The van der Waals surface area contributed by atoms with Gasteiger partial charge in [-0.1, -0.05) is 18.2 Å². The number of hydrazone groups is 1. The van der Waals surface area contributed by atoms with E-state index in [0.29, 0.717) is 17.1 Å². The number of hydrogen-bond donors (Lipinski definition) is 1. The van der Waals surface area contributed by atoms with Crippen LogP contribution in [-0.4, -0.2) is 25.3 Å². The molecule has 6 nitrogen and oxygen atoms in total. The Balaban J connectivity index is 1.77. The van der Waals surface area contributed by atoms with Crippen molar-refractivity contribution >= 4 is 39.0 Å². The monoisotopic (exact) mass is 444 g/mol. The third-order valence-electron chi connectivity index (χ3n) is 4.03. The van der Waals surface area contributed by atoms with E-state index >= 15 is 0 Å². The van der Waals surface area contributed by atoms with E-state index in [-0.39, 0.29) is 11.9 Å². The standard InChI is InChI=1S/C21H21BrN2O4/c1-12(2)27-20-16(22)9-14(10-18(20)26-4)11-23-24-21(25)19-13(3)15-7-5-6-8-17(15)28-19/h5-12H,1-4H3,(H,24,25). The second-order valence-electron chi connectivity index (χ2n) is 6.45. The summed E-state index contributed by atoms with van der Waals surface area (Å²) in [4.78, 5) is 12.4. The Labute approximate surface area is 171 Å². The van der Waals surface area contributed by atoms with Gasteiger partial charge >= 0.3 is 5.91 Å². The summed E-state index contributed by atoms with van der Waals surface area (Å²) >= 11 is 3.48. The first-order valence-electron chi connectivity index (χ1n) is 8.76. The van der Waals surface area contributed by atoms with Gasteiger partial charge in [0.05, 0.1) is 23.9 Å². The third-order valence-corrected chi connectivity index (χ3v) is 4.62. The minimum atomic E-state index is -0.407. The summed E-state index contributed by atoms with van der Waals surface area (Å²) in [7, 11) is 1.57. The van der Waals surface area contributed by atoms with Gasteiger partial charge in [0.15, 0.2) is 17.3 Å². The molecule has 0 unspecified atom stereocenters. The number of para-hydroxylation sites is 1. The van der Waals surface area contributed by atoms with Crippen LogP contribution in [0, 0.1) is 6.92 Å². The first-order valence-corrected chi connectivity index (χ1v) is 9.55. The molecule has 0 radical (unpaired) electrons. The highest BCUT2D eigenvalue weighted by atomic mass is 79.9. The largest absolute Gasteiger partial charge is 0.493 e. The molecule has 0 aliphatic rings. The summed E-state index contributed by atoms with van der Waals surface area (Å²) in [5.41, 5.74) is 4.69. The van der Waals surface area contributed by atoms with Gasteiger partial charge in [0.1, 0.15) is 5.58 Å². The molecule has 0 aliphatic carbocycles. The number of hydrogen-bond acceptors (Lipinski definition) is 5. The van der Waals surface area contributed by atoms with Crippen LogP contribution in [0.5, 0.6) is 11.5 Å². The number of rotatable bonds is 6. The van der Waals surface area contributed by atoms with E-state index in [2.05, 4.69) is 26.5 Å². The quantitative estimate of drug-likeness (QED) is 0.425. The number of amides is 1. The molecule has 0 saturated heterocycles. The van der Waals surface area contributed by atoms with E-state index in [9.17, 15) is 4.79 Å². The van der Waals surface area contributed by atoms with E-state index in [1.54, 1.807) is 13.2 Å². The van der Waals surface area contributed by atoms with Crippen molar-refractivity contribution in [1.29, 1.82) is 0 Å². The molecule has 3 aromatic rings. The van der Waals surface area contributed by atoms with E-state index in [4.69, 9.17) is 13.9 Å². The minimum absolute atomic E-state index is 0.0102. The molecule has 1 heterocycles. The van der Waals surface area contributed by atoms with Crippen molar-refractivity contribution < 1.29 is 18.7 Å². The SMILES string of the molecule is COc1cc(C=NNC(=O)c2oc3ccccc3c2C)cc(Br)c1OC(C)C. The predicted molar refractivity (Wildman–Crippen MR) is 112 cm³/mol. The van der Waals surface area contributed by atoms with Gasteiger partial charge in [0.2, 0.25) is 0 Å². The van der Waals surface area contributed by atoms with Gasteiger partial charge in [-0.25, -0.2) is 5.43 Å². The average molecular weight is 445 g/mol. The first-order chi connectivity index (χ1) is 13.4. The fraction of sp³-hybridized carbons (Fsp3) is 0.238. The van der Waals surface area contributed by atoms with Crippen LogP contribution in [0.15, 0.2) is 50.4 Å². The molecule has 0 aliphatic heterocycles. The second kappa shape index (κ2) is 8.48. The highest BCUT2D eigenvalue weighted by Crippen LogP contribution is 2.37. The zero-order valence-electron chi connectivity index (χ0n) is 16.1. The second-order valence-corrected chi connectivity index (χ2v) is 7.31. The number of furan rings is 1. The molecule has 1 N–H and O–H groups in total. The fourth-order valence-electron chi connectivity index (χ4n) is 2.77. The van der Waals surface area contributed by atoms with Crippen molar-refractivity contribution in [3.63, 3.8) is 0 Å². The summed E-state index contributed by atoms with van der Waals surface area (Å²) in [6.45, 7) is 5.73. The van der Waals surface area contributed by atoms with E-state index in [0.717, 1.165) is 21.0 Å². The maximum atomic E-state index is 12.4. The van der Waals surface area contributed by atoms with Crippen LogP contribution in [0.3, 0.4) is 0 Å². The highest BCUT2D eigenvalue weighted by Gasteiger charge is 2.17. The number of carbonyl (C=O) groups excluding carboxylic acids is 1. The van der Waals surface area contributed by atoms with Crippen molar-refractivity contribution in [2.24, 2.45) is 5.10 Å². The molecule has 0 bridgehead atoms. The van der Waals surface area contributed by atoms with Crippen LogP contribution in [-0.2, 0) is 0 Å². The summed E-state index contributed by atoms with van der Waals surface area (Å²) in [6.07, 6.45) is 1.54. The molecule has 7 heteroatoms. The zero-order chi connectivity index (χ0) is 20.3. The van der Waals surface area contributed by atoms with Crippen LogP contribution in [0.2, 0.25) is 0 Å². The Hall–Kier alpha value is -2.80. The number of aryl methyl sites for hydroxylation is 1. The van der Waals surface area contributed by atoms with Gasteiger partial charge < -0.3 is 13.9 Å². The lowest BCUT2D eigenvalue weighted by molar-refractivity contribution is 0.0929. The summed E-state index contributed by atoms with van der Waals surface area (Å²) in [5.74, 6) is 1.04. The van der Waals surface area contributed by atoms with Crippen molar-refractivity contribution in [2.45, 2.75) is 26.9 Å². The van der Waals surface area contributed by atoms with Gasteiger partial charge in [-0.3, -0.25) is 4.79 Å². The smallest absolute Gasteiger partial charge is 0.307 e. The van der Waals surface area contributed by atoms with E-state index in [1.807, 2.05) is 51.1 Å². The molecule has 0 fully saturated rings. The van der Waals surface area contributed by atoms with Crippen LogP contribution in [0.25, 0.3) is 11.0 Å². The maximum Gasteiger partial charge on any atom is 0.307 e. The van der Waals surface area contributed by atoms with Gasteiger partial charge in [-0.15, -0.1) is 0 Å². The van der Waals surface area contributed by atoms with Crippen LogP contribution < -0.4 is 14.9 Å². The number of halogens is 1. The van der Waals surface area contributed by atoms with Crippen molar-refractivity contribution in [2.75, 3.05) is 7.11 Å². The van der Waals surface area contributed by atoms with Crippen molar-refractivity contribution in [3.8, 4) is 11.5 Å². The molecule has 2 aromatic carbocycles. The zero-order valence-corrected chi connectivity index (χ0v) is 17.7. The maximum absolute atomic E-state index is 12.4. The molecule has 0 atom stereocenters. The third kappa shape index (κ3) is 4.20. The molecular formula is C21H21BrN2O4. The number of fused-ring (bicyclic) bond motifs is 1. The Morgan fingerprint density at radius 2 is 2.04 bits per heavy atom. The minimum Gasteiger partial charge on any atom is -0.493 e. The number of benzene rings is 2. The Morgan fingerprint density at radius 1 is 1.29 bits per heavy atom. The Kier molecular flexibility index (Phi) is 6.04. The number of nitrogens with zero attached hydrogens (tertiary/aromatic N) is 1. The molecule has 28 heavy (non-hydrogen) atoms. The fourth-order valence-corrected chi connectivity index (χ4v) is 3.32. The number of nitrogens with one attached hydrogen (secondary N) is 1. The number of ether oxygens (including phenoxy) is 2. The predicted octanol–water partition coefficient (Wildman–Crippen LogP) is 5.06. The number of methoxy groups -OCH3 is 1. The van der Waals surface area contributed by atoms with Gasteiger partial charge in [0, 0.05) is 10.9 Å². The van der Waals surface area contributed by atoms with E-state index in [1.165, 1.54) is 6.21 Å². The summed E-state index contributed by atoms with van der Waals surface area (Å²) < 4.78 is 17.5. The number of carbonyl (C=O) groups is 1. The first kappa shape index (κ1) is 19.9. The summed E-state index contributed by atoms with van der Waals surface area (Å²) in [5, 5.41) is 4.94.